The molecule has 4 amide bonds. The Labute approximate surface area is 384 Å². The van der Waals surface area contributed by atoms with Crippen LogP contribution in [0.2, 0.25) is 0 Å². The van der Waals surface area contributed by atoms with Crippen LogP contribution in [-0.4, -0.2) is 144 Å². The Bertz CT molecular complexity index is 1380. The molecule has 0 aliphatic carbocycles. The first-order valence-electron chi connectivity index (χ1n) is 23.3. The maximum Gasteiger partial charge on any atom is 0.329 e. The molecule has 0 radical (unpaired) electrons. The van der Waals surface area contributed by atoms with Crippen LogP contribution in [0.3, 0.4) is 0 Å². The number of nitrogens with zero attached hydrogens (tertiary/aromatic N) is 4. The third-order valence-corrected chi connectivity index (χ3v) is 11.5. The summed E-state index contributed by atoms with van der Waals surface area (Å²) in [5.74, 6) is -9.05. The standard InChI is InChI=1S/C48H84N4O12/c1-25(2)21-33-45(57)61-38(30(11)12)42(54)50(18)35(23-27(5)6)47(59)63-40(32(15)16)44(56)52(20)36(24-28(7)8)48(60)64-39(31(13)14)43(55)51(19)34(22-26(3)4)46(58)62-37(29(9)10)41(53)49(33)17/h25-40H,21-24H2,1-20H3. The van der Waals surface area contributed by atoms with Gasteiger partial charge in [0.2, 0.25) is 0 Å². The zero-order valence-corrected chi connectivity index (χ0v) is 42.8. The lowest BCUT2D eigenvalue weighted by Gasteiger charge is -2.37. The van der Waals surface area contributed by atoms with Crippen molar-refractivity contribution in [3.8, 4) is 0 Å². The van der Waals surface area contributed by atoms with Crippen molar-refractivity contribution in [2.45, 2.75) is 185 Å². The van der Waals surface area contributed by atoms with Gasteiger partial charge in [-0.25, -0.2) is 19.2 Å². The molecule has 0 aromatic rings. The zero-order valence-electron chi connectivity index (χ0n) is 42.8. The average Bonchev–Trinajstić information content (AvgIpc) is 3.18. The van der Waals surface area contributed by atoms with Crippen molar-refractivity contribution in [1.29, 1.82) is 0 Å². The highest BCUT2D eigenvalue weighted by atomic mass is 16.6. The highest BCUT2D eigenvalue weighted by Crippen LogP contribution is 2.26. The van der Waals surface area contributed by atoms with Crippen molar-refractivity contribution in [2.24, 2.45) is 47.3 Å². The van der Waals surface area contributed by atoms with Crippen LogP contribution in [0.25, 0.3) is 0 Å². The van der Waals surface area contributed by atoms with Crippen molar-refractivity contribution in [3.05, 3.63) is 0 Å². The average molecular weight is 909 g/mol. The first-order valence-corrected chi connectivity index (χ1v) is 23.3. The van der Waals surface area contributed by atoms with E-state index in [1.54, 1.807) is 55.4 Å². The normalized spacial score (nSPS) is 26.6. The summed E-state index contributed by atoms with van der Waals surface area (Å²) in [6, 6.07) is -4.83. The second-order valence-corrected chi connectivity index (χ2v) is 20.8. The molecule has 0 bridgehead atoms. The molecule has 368 valence electrons. The van der Waals surface area contributed by atoms with E-state index in [0.29, 0.717) is 0 Å². The van der Waals surface area contributed by atoms with Crippen LogP contribution in [0.5, 0.6) is 0 Å². The van der Waals surface area contributed by atoms with Crippen LogP contribution in [-0.2, 0) is 57.3 Å². The molecule has 0 aromatic carbocycles. The van der Waals surface area contributed by atoms with E-state index in [-0.39, 0.29) is 49.4 Å². The molecular formula is C48H84N4O12. The van der Waals surface area contributed by atoms with Crippen molar-refractivity contribution in [2.75, 3.05) is 28.2 Å². The van der Waals surface area contributed by atoms with Gasteiger partial charge in [0.25, 0.3) is 23.6 Å². The van der Waals surface area contributed by atoms with Crippen LogP contribution in [0.1, 0.15) is 136 Å². The van der Waals surface area contributed by atoms with E-state index in [4.69, 9.17) is 18.9 Å². The van der Waals surface area contributed by atoms with E-state index >= 15 is 0 Å². The van der Waals surface area contributed by atoms with Gasteiger partial charge in [0.05, 0.1) is 0 Å². The minimum atomic E-state index is -1.39. The Balaban J connectivity index is 4.22. The van der Waals surface area contributed by atoms with Gasteiger partial charge in [-0.2, -0.15) is 0 Å². The van der Waals surface area contributed by atoms with E-state index < -0.39 is 120 Å². The molecule has 1 heterocycles. The number of rotatable bonds is 12. The van der Waals surface area contributed by atoms with E-state index in [1.165, 1.54) is 47.8 Å². The third kappa shape index (κ3) is 16.0. The Hall–Kier alpha value is -4.24. The van der Waals surface area contributed by atoms with E-state index in [9.17, 15) is 38.4 Å². The van der Waals surface area contributed by atoms with Gasteiger partial charge in [0.1, 0.15) is 24.2 Å². The lowest BCUT2D eigenvalue weighted by atomic mass is 9.98. The molecule has 1 aliphatic heterocycles. The number of cyclic esters (lactones) is 4. The maximum atomic E-state index is 14.4. The third-order valence-electron chi connectivity index (χ3n) is 11.5. The summed E-state index contributed by atoms with van der Waals surface area (Å²) in [5.41, 5.74) is 0. The van der Waals surface area contributed by atoms with Gasteiger partial charge in [-0.1, -0.05) is 111 Å². The quantitative estimate of drug-likeness (QED) is 0.171. The molecule has 0 saturated carbocycles. The van der Waals surface area contributed by atoms with Gasteiger partial charge in [-0.3, -0.25) is 19.2 Å². The van der Waals surface area contributed by atoms with Crippen LogP contribution < -0.4 is 0 Å². The number of hydrogen-bond donors (Lipinski definition) is 0. The highest BCUT2D eigenvalue weighted by molar-refractivity contribution is 5.94. The number of carbonyl (C=O) groups excluding carboxylic acids is 8. The fourth-order valence-electron chi connectivity index (χ4n) is 7.55. The minimum absolute atomic E-state index is 0.129. The summed E-state index contributed by atoms with van der Waals surface area (Å²) < 4.78 is 24.0. The minimum Gasteiger partial charge on any atom is -0.450 e. The van der Waals surface area contributed by atoms with Crippen LogP contribution >= 0.6 is 0 Å². The molecular weight excluding hydrogens is 825 g/mol. The second-order valence-electron chi connectivity index (χ2n) is 20.8. The molecule has 0 spiro atoms. The summed E-state index contributed by atoms with van der Waals surface area (Å²) in [5, 5.41) is 0. The number of likely N-dealkylation sites (N-methyl/N-ethyl adjacent to an activating group) is 4. The van der Waals surface area contributed by atoms with Crippen molar-refractivity contribution in [3.63, 3.8) is 0 Å². The van der Waals surface area contributed by atoms with Gasteiger partial charge >= 0.3 is 23.9 Å². The molecule has 16 heteroatoms. The smallest absolute Gasteiger partial charge is 0.329 e. The summed E-state index contributed by atoms with van der Waals surface area (Å²) in [6.07, 6.45) is -5.02. The van der Waals surface area contributed by atoms with Crippen molar-refractivity contribution < 1.29 is 57.3 Å². The van der Waals surface area contributed by atoms with Crippen molar-refractivity contribution in [1.82, 2.24) is 19.6 Å². The Kier molecular flexibility index (Phi) is 23.0. The van der Waals surface area contributed by atoms with Crippen LogP contribution in [0.15, 0.2) is 0 Å². The Morgan fingerprint density at radius 2 is 0.453 bits per heavy atom. The van der Waals surface area contributed by atoms with Gasteiger partial charge < -0.3 is 38.5 Å². The summed E-state index contributed by atoms with van der Waals surface area (Å²) in [4.78, 5) is 120. The van der Waals surface area contributed by atoms with Gasteiger partial charge in [-0.15, -0.1) is 0 Å². The topological polar surface area (TPSA) is 186 Å². The van der Waals surface area contributed by atoms with E-state index in [0.717, 1.165) is 0 Å². The molecule has 1 saturated heterocycles. The fraction of sp³-hybridized carbons (Fsp3) is 0.833. The monoisotopic (exact) mass is 909 g/mol. The predicted molar refractivity (Wildman–Crippen MR) is 243 cm³/mol. The molecule has 8 unspecified atom stereocenters. The Morgan fingerprint density at radius 3 is 0.562 bits per heavy atom. The lowest BCUT2D eigenvalue weighted by Crippen LogP contribution is -2.56. The largest absolute Gasteiger partial charge is 0.450 e. The second kappa shape index (κ2) is 25.5. The zero-order chi connectivity index (χ0) is 49.8. The lowest BCUT2D eigenvalue weighted by molar-refractivity contribution is -0.180. The molecule has 0 N–H and O–H groups in total. The van der Waals surface area contributed by atoms with Gasteiger partial charge in [0, 0.05) is 28.2 Å². The van der Waals surface area contributed by atoms with Gasteiger partial charge in [0.15, 0.2) is 24.4 Å². The molecule has 0 aromatic heterocycles. The maximum absolute atomic E-state index is 14.4. The number of esters is 4. The number of amides is 4. The van der Waals surface area contributed by atoms with E-state index in [2.05, 4.69) is 0 Å². The summed E-state index contributed by atoms with van der Waals surface area (Å²) in [7, 11) is 5.65. The number of ether oxygens (including phenoxy) is 4. The molecule has 1 rings (SSSR count). The molecule has 8 atom stereocenters. The van der Waals surface area contributed by atoms with Gasteiger partial charge in [-0.05, 0) is 73.0 Å². The summed E-state index contributed by atoms with van der Waals surface area (Å²) in [6.45, 7) is 28.4. The molecule has 1 aliphatic rings. The molecule has 16 nitrogen and oxygen atoms in total. The fourth-order valence-corrected chi connectivity index (χ4v) is 7.55. The number of carbonyl (C=O) groups is 8. The van der Waals surface area contributed by atoms with Crippen molar-refractivity contribution >= 4 is 47.5 Å². The first kappa shape index (κ1) is 57.8. The van der Waals surface area contributed by atoms with E-state index in [1.807, 2.05) is 55.4 Å². The first-order chi connectivity index (χ1) is 29.4. The molecule has 1 fully saturated rings. The van der Waals surface area contributed by atoms with Crippen LogP contribution in [0, 0.1) is 47.3 Å². The highest BCUT2D eigenvalue weighted by Gasteiger charge is 2.45. The number of hydrogen-bond acceptors (Lipinski definition) is 12. The van der Waals surface area contributed by atoms with Crippen LogP contribution in [0.4, 0.5) is 0 Å². The SMILES string of the molecule is CC(C)CC1C(=O)OC(C(C)C)C(=O)N(C)C(CC(C)C)C(=O)OC(C(C)C)C(=O)N(C)C(CC(C)C)C(=O)OC(C(C)C)C(=O)N(C)C(CC(C)C)C(=O)OC(C(C)C)C(=O)N1C. The molecule has 64 heavy (non-hydrogen) atoms. The predicted octanol–water partition coefficient (Wildman–Crippen LogP) is 5.76. The summed E-state index contributed by atoms with van der Waals surface area (Å²) >= 11 is 0. The Morgan fingerprint density at radius 1 is 0.312 bits per heavy atom.